The Labute approximate surface area is 109 Å². The third-order valence-corrected chi connectivity index (χ3v) is 4.47. The fraction of sp³-hybridized carbons (Fsp3) is 0.538. The number of rotatable bonds is 4. The highest BCUT2D eigenvalue weighted by Crippen LogP contribution is 2.41. The van der Waals surface area contributed by atoms with Gasteiger partial charge in [0.2, 0.25) is 0 Å². The molecule has 1 aliphatic rings. The Morgan fingerprint density at radius 2 is 2.17 bits per heavy atom. The molecule has 100 valence electrons. The van der Waals surface area contributed by atoms with Gasteiger partial charge < -0.3 is 5.32 Å². The van der Waals surface area contributed by atoms with Crippen LogP contribution in [0.4, 0.5) is 13.2 Å². The molecule has 1 atom stereocenters. The first-order chi connectivity index (χ1) is 8.50. The van der Waals surface area contributed by atoms with Gasteiger partial charge in [-0.15, -0.1) is 11.8 Å². The second-order valence-corrected chi connectivity index (χ2v) is 5.85. The summed E-state index contributed by atoms with van der Waals surface area (Å²) in [6.45, 7) is 0.960. The first-order valence-corrected chi connectivity index (χ1v) is 6.90. The van der Waals surface area contributed by atoms with E-state index >= 15 is 0 Å². The van der Waals surface area contributed by atoms with Crippen LogP contribution in [0.5, 0.6) is 0 Å². The lowest BCUT2D eigenvalue weighted by Gasteiger charge is -2.07. The van der Waals surface area contributed by atoms with Crippen molar-refractivity contribution in [2.24, 2.45) is 0 Å². The highest BCUT2D eigenvalue weighted by Gasteiger charge is 2.32. The van der Waals surface area contributed by atoms with Crippen LogP contribution in [0.2, 0.25) is 0 Å². The molecule has 1 aromatic rings. The van der Waals surface area contributed by atoms with Gasteiger partial charge in [0.25, 0.3) is 0 Å². The SMILES string of the molecule is CNCCCC1Cc2cc(C(F)(F)F)ccc2S1. The van der Waals surface area contributed by atoms with E-state index in [4.69, 9.17) is 0 Å². The van der Waals surface area contributed by atoms with Crippen LogP contribution in [0, 0.1) is 0 Å². The van der Waals surface area contributed by atoms with Gasteiger partial charge in [-0.2, -0.15) is 13.2 Å². The van der Waals surface area contributed by atoms with E-state index in [1.54, 1.807) is 17.8 Å². The number of thioether (sulfide) groups is 1. The second kappa shape index (κ2) is 5.53. The van der Waals surface area contributed by atoms with Crippen molar-refractivity contribution < 1.29 is 13.2 Å². The van der Waals surface area contributed by atoms with E-state index in [0.29, 0.717) is 5.25 Å². The van der Waals surface area contributed by atoms with E-state index in [-0.39, 0.29) is 0 Å². The van der Waals surface area contributed by atoms with Crippen LogP contribution in [-0.4, -0.2) is 18.8 Å². The summed E-state index contributed by atoms with van der Waals surface area (Å²) >= 11 is 1.71. The molecule has 0 spiro atoms. The summed E-state index contributed by atoms with van der Waals surface area (Å²) in [6.07, 6.45) is -1.37. The maximum atomic E-state index is 12.6. The fourth-order valence-corrected chi connectivity index (χ4v) is 3.51. The van der Waals surface area contributed by atoms with Crippen LogP contribution in [0.3, 0.4) is 0 Å². The molecular formula is C13H16F3NS. The second-order valence-electron chi connectivity index (χ2n) is 4.51. The van der Waals surface area contributed by atoms with E-state index in [9.17, 15) is 13.2 Å². The molecule has 0 radical (unpaired) electrons. The molecule has 0 fully saturated rings. The van der Waals surface area contributed by atoms with Gasteiger partial charge >= 0.3 is 6.18 Å². The van der Waals surface area contributed by atoms with Gasteiger partial charge in [-0.05, 0) is 56.6 Å². The quantitative estimate of drug-likeness (QED) is 0.840. The average molecular weight is 275 g/mol. The van der Waals surface area contributed by atoms with E-state index in [2.05, 4.69) is 5.32 Å². The van der Waals surface area contributed by atoms with E-state index in [1.165, 1.54) is 12.1 Å². The number of fused-ring (bicyclic) bond motifs is 1. The Bertz CT molecular complexity index is 417. The van der Waals surface area contributed by atoms with Gasteiger partial charge in [0.1, 0.15) is 0 Å². The van der Waals surface area contributed by atoms with Crippen molar-refractivity contribution in [2.45, 2.75) is 35.6 Å². The molecule has 0 aromatic heterocycles. The molecule has 0 saturated heterocycles. The van der Waals surface area contributed by atoms with Crippen LogP contribution >= 0.6 is 11.8 Å². The molecule has 1 aromatic carbocycles. The maximum Gasteiger partial charge on any atom is 0.416 e. The van der Waals surface area contributed by atoms with Crippen molar-refractivity contribution in [1.29, 1.82) is 0 Å². The van der Waals surface area contributed by atoms with Crippen molar-refractivity contribution in [3.8, 4) is 0 Å². The van der Waals surface area contributed by atoms with Gasteiger partial charge in [-0.1, -0.05) is 0 Å². The standard InChI is InChI=1S/C13H16F3NS/c1-17-6-2-3-11-8-9-7-10(13(14,15)16)4-5-12(9)18-11/h4-5,7,11,17H,2-3,6,8H2,1H3. The summed E-state index contributed by atoms with van der Waals surface area (Å²) in [5.41, 5.74) is 0.321. The van der Waals surface area contributed by atoms with E-state index < -0.39 is 11.7 Å². The van der Waals surface area contributed by atoms with E-state index in [0.717, 1.165) is 36.3 Å². The van der Waals surface area contributed by atoms with E-state index in [1.807, 2.05) is 7.05 Å². The zero-order valence-corrected chi connectivity index (χ0v) is 11.0. The number of nitrogens with one attached hydrogen (secondary N) is 1. The summed E-state index contributed by atoms with van der Waals surface area (Å²) < 4.78 is 37.8. The molecule has 1 aliphatic heterocycles. The molecule has 1 unspecified atom stereocenters. The Morgan fingerprint density at radius 1 is 1.39 bits per heavy atom. The highest BCUT2D eigenvalue weighted by molar-refractivity contribution is 8.00. The molecular weight excluding hydrogens is 259 g/mol. The maximum absolute atomic E-state index is 12.6. The number of alkyl halides is 3. The van der Waals surface area contributed by atoms with Crippen molar-refractivity contribution in [1.82, 2.24) is 5.32 Å². The third-order valence-electron chi connectivity index (χ3n) is 3.08. The predicted octanol–water partition coefficient (Wildman–Crippen LogP) is 3.72. The first-order valence-electron chi connectivity index (χ1n) is 6.02. The summed E-state index contributed by atoms with van der Waals surface area (Å²) in [6, 6.07) is 4.10. The smallest absolute Gasteiger partial charge is 0.320 e. The number of hydrogen-bond acceptors (Lipinski definition) is 2. The minimum Gasteiger partial charge on any atom is -0.320 e. The van der Waals surface area contributed by atoms with Crippen molar-refractivity contribution in [3.63, 3.8) is 0 Å². The predicted molar refractivity (Wildman–Crippen MR) is 68.0 cm³/mol. The summed E-state index contributed by atoms with van der Waals surface area (Å²) in [4.78, 5) is 1.01. The Morgan fingerprint density at radius 3 is 2.83 bits per heavy atom. The van der Waals surface area contributed by atoms with Crippen LogP contribution in [0.15, 0.2) is 23.1 Å². The molecule has 1 N–H and O–H groups in total. The lowest BCUT2D eigenvalue weighted by Crippen LogP contribution is -2.10. The van der Waals surface area contributed by atoms with Gasteiger partial charge in [-0.25, -0.2) is 0 Å². The van der Waals surface area contributed by atoms with Gasteiger partial charge in [0, 0.05) is 10.1 Å². The fourth-order valence-electron chi connectivity index (χ4n) is 2.16. The van der Waals surface area contributed by atoms with Crippen LogP contribution in [0.1, 0.15) is 24.0 Å². The first kappa shape index (κ1) is 13.7. The minimum absolute atomic E-state index is 0.428. The Balaban J connectivity index is 2.02. The normalized spacial score (nSPS) is 19.0. The van der Waals surface area contributed by atoms with Crippen molar-refractivity contribution in [3.05, 3.63) is 29.3 Å². The van der Waals surface area contributed by atoms with Gasteiger partial charge in [-0.3, -0.25) is 0 Å². The number of benzene rings is 1. The number of halogens is 3. The monoisotopic (exact) mass is 275 g/mol. The number of hydrogen-bond donors (Lipinski definition) is 1. The van der Waals surface area contributed by atoms with Gasteiger partial charge in [0.05, 0.1) is 5.56 Å². The molecule has 1 heterocycles. The Hall–Kier alpha value is -0.680. The van der Waals surface area contributed by atoms with Crippen LogP contribution in [-0.2, 0) is 12.6 Å². The van der Waals surface area contributed by atoms with Crippen molar-refractivity contribution >= 4 is 11.8 Å². The summed E-state index contributed by atoms with van der Waals surface area (Å²) in [5.74, 6) is 0. The summed E-state index contributed by atoms with van der Waals surface area (Å²) in [7, 11) is 1.91. The topological polar surface area (TPSA) is 12.0 Å². The van der Waals surface area contributed by atoms with Gasteiger partial charge in [0.15, 0.2) is 0 Å². The molecule has 5 heteroatoms. The zero-order chi connectivity index (χ0) is 13.2. The van der Waals surface area contributed by atoms with Crippen molar-refractivity contribution in [2.75, 3.05) is 13.6 Å². The lowest BCUT2D eigenvalue weighted by molar-refractivity contribution is -0.137. The molecule has 2 rings (SSSR count). The largest absolute Gasteiger partial charge is 0.416 e. The molecule has 0 bridgehead atoms. The minimum atomic E-state index is -4.23. The molecule has 18 heavy (non-hydrogen) atoms. The van der Waals surface area contributed by atoms with Crippen LogP contribution in [0.25, 0.3) is 0 Å². The molecule has 0 aliphatic carbocycles. The third kappa shape index (κ3) is 3.20. The molecule has 1 nitrogen and oxygen atoms in total. The zero-order valence-electron chi connectivity index (χ0n) is 10.2. The highest BCUT2D eigenvalue weighted by atomic mass is 32.2. The molecule has 0 amide bonds. The Kier molecular flexibility index (Phi) is 4.22. The average Bonchev–Trinajstić information content (AvgIpc) is 2.69. The molecule has 0 saturated carbocycles. The summed E-state index contributed by atoms with van der Waals surface area (Å²) in [5, 5.41) is 3.51. The lowest BCUT2D eigenvalue weighted by atomic mass is 10.0. The van der Waals surface area contributed by atoms with Crippen LogP contribution < -0.4 is 5.32 Å².